The first kappa shape index (κ1) is 32.5. The minimum Gasteiger partial charge on any atom is -0.456 e. The first-order chi connectivity index (χ1) is 28.2. The third-order valence-electron chi connectivity index (χ3n) is 11.8. The summed E-state index contributed by atoms with van der Waals surface area (Å²) < 4.78 is 11.4. The fourth-order valence-electron chi connectivity index (χ4n) is 9.08. The topological polar surface area (TPSA) is 54.5 Å². The van der Waals surface area contributed by atoms with Gasteiger partial charge >= 0.3 is 0 Å². The van der Waals surface area contributed by atoms with Crippen molar-refractivity contribution in [3.63, 3.8) is 0 Å². The van der Waals surface area contributed by atoms with Crippen LogP contribution in [0.25, 0.3) is 75.9 Å². The quantitative estimate of drug-likeness (QED) is 0.184. The molecule has 2 aliphatic rings. The minimum absolute atomic E-state index is 0.0802. The first-order valence-corrected chi connectivity index (χ1v) is 20.5. The lowest BCUT2D eigenvalue weighted by atomic mass is 9.97. The van der Waals surface area contributed by atoms with Crippen LogP contribution in [0.4, 0.5) is 0 Å². The Morgan fingerprint density at radius 3 is 2.33 bits per heavy atom. The smallest absolute Gasteiger partial charge is 0.135 e. The Morgan fingerprint density at radius 2 is 1.44 bits per heavy atom. The molecule has 5 nitrogen and oxygen atoms in total. The Labute approximate surface area is 333 Å². The van der Waals surface area contributed by atoms with Gasteiger partial charge in [0, 0.05) is 53.3 Å². The second kappa shape index (κ2) is 12.9. The number of hydrogen-bond acceptors (Lipinski definition) is 5. The van der Waals surface area contributed by atoms with Crippen LogP contribution in [0.1, 0.15) is 46.7 Å². The molecule has 272 valence electrons. The molecule has 0 radical (unpaired) electrons. The summed E-state index contributed by atoms with van der Waals surface area (Å²) >= 11 is 1.84. The van der Waals surface area contributed by atoms with Gasteiger partial charge < -0.3 is 14.3 Å². The highest BCUT2D eigenvalue weighted by molar-refractivity contribution is 7.26. The summed E-state index contributed by atoms with van der Waals surface area (Å²) in [4.78, 5) is 5.22. The predicted molar refractivity (Wildman–Crippen MR) is 237 cm³/mol. The standard InChI is InChI=1S/C51H36N4OS/c1-3-12-31(13-4-1)49-52-50(32-14-5-2-6-15-32)54-51(53-49)34-22-25-39-47(29-34)57-46-21-11-18-36(48(39)46)33-23-26-44-40(28-33)41-30-35(24-27-45(41)56-44)55-42-19-9-7-16-37(42)38-17-8-10-20-43(38)55/h1-7,9-16,18-30,49,51,53H,8,17H2,(H,52,54). The molecule has 10 aromatic rings. The van der Waals surface area contributed by atoms with Gasteiger partial charge in [-0.2, -0.15) is 0 Å². The van der Waals surface area contributed by atoms with E-state index < -0.39 is 0 Å². The van der Waals surface area contributed by atoms with Crippen molar-refractivity contribution in [3.8, 4) is 16.8 Å². The number of aliphatic imine (C=N–C) groups is 1. The summed E-state index contributed by atoms with van der Waals surface area (Å²) in [6.45, 7) is 0. The van der Waals surface area contributed by atoms with Crippen LogP contribution in [0.15, 0.2) is 173 Å². The molecule has 2 unspecified atom stereocenters. The van der Waals surface area contributed by atoms with Gasteiger partial charge in [0.1, 0.15) is 29.3 Å². The summed E-state index contributed by atoms with van der Waals surface area (Å²) in [5, 5.41) is 13.6. The number of benzene rings is 7. The Hall–Kier alpha value is -6.73. The fraction of sp³-hybridized carbons (Fsp3) is 0.0784. The fourth-order valence-corrected chi connectivity index (χ4v) is 10.3. The number of para-hydroxylation sites is 1. The molecular formula is C51H36N4OS. The van der Waals surface area contributed by atoms with Crippen LogP contribution in [0.5, 0.6) is 0 Å². The van der Waals surface area contributed by atoms with Gasteiger partial charge in [0.25, 0.3) is 0 Å². The number of nitrogens with one attached hydrogen (secondary N) is 2. The molecular weight excluding hydrogens is 717 g/mol. The lowest BCUT2D eigenvalue weighted by Gasteiger charge is -2.32. The Kier molecular flexibility index (Phi) is 7.37. The van der Waals surface area contributed by atoms with Crippen LogP contribution in [0, 0.1) is 0 Å². The van der Waals surface area contributed by atoms with Gasteiger partial charge in [-0.25, -0.2) is 4.99 Å². The van der Waals surface area contributed by atoms with Crippen LogP contribution in [-0.2, 0) is 6.42 Å². The monoisotopic (exact) mass is 752 g/mol. The maximum atomic E-state index is 6.46. The molecule has 4 heterocycles. The molecule has 0 saturated carbocycles. The van der Waals surface area contributed by atoms with Gasteiger partial charge in [-0.1, -0.05) is 115 Å². The largest absolute Gasteiger partial charge is 0.456 e. The molecule has 2 N–H and O–H groups in total. The Balaban J connectivity index is 0.956. The molecule has 1 aliphatic heterocycles. The lowest BCUT2D eigenvalue weighted by Crippen LogP contribution is -2.44. The highest BCUT2D eigenvalue weighted by Gasteiger charge is 2.26. The van der Waals surface area contributed by atoms with Gasteiger partial charge in [-0.3, -0.25) is 5.32 Å². The average molecular weight is 753 g/mol. The van der Waals surface area contributed by atoms with Gasteiger partial charge in [0.15, 0.2) is 0 Å². The summed E-state index contributed by atoms with van der Waals surface area (Å²) in [5.41, 5.74) is 12.7. The normalized spacial score (nSPS) is 16.7. The molecule has 57 heavy (non-hydrogen) atoms. The molecule has 12 rings (SSSR count). The molecule has 0 saturated heterocycles. The van der Waals surface area contributed by atoms with E-state index >= 15 is 0 Å². The van der Waals surface area contributed by atoms with Crippen molar-refractivity contribution in [2.24, 2.45) is 4.99 Å². The molecule has 3 aromatic heterocycles. The zero-order valence-corrected chi connectivity index (χ0v) is 31.8. The number of allylic oxidation sites excluding steroid dienone is 1. The van der Waals surface area contributed by atoms with E-state index in [9.17, 15) is 0 Å². The molecule has 0 fully saturated rings. The summed E-state index contributed by atoms with van der Waals surface area (Å²) in [5.74, 6) is 0.888. The number of rotatable bonds is 5. The zero-order valence-electron chi connectivity index (χ0n) is 30.9. The Bertz CT molecular complexity index is 3260. The van der Waals surface area contributed by atoms with E-state index in [1.165, 1.54) is 59.0 Å². The maximum absolute atomic E-state index is 6.46. The Morgan fingerprint density at radius 1 is 0.632 bits per heavy atom. The van der Waals surface area contributed by atoms with Crippen LogP contribution in [0.2, 0.25) is 0 Å². The van der Waals surface area contributed by atoms with E-state index in [0.29, 0.717) is 0 Å². The summed E-state index contributed by atoms with van der Waals surface area (Å²) in [7, 11) is 0. The molecule has 2 atom stereocenters. The van der Waals surface area contributed by atoms with Crippen molar-refractivity contribution in [2.45, 2.75) is 25.2 Å². The molecule has 0 bridgehead atoms. The molecule has 6 heteroatoms. The van der Waals surface area contributed by atoms with E-state index in [1.807, 2.05) is 17.4 Å². The lowest BCUT2D eigenvalue weighted by molar-refractivity contribution is 0.409. The summed E-state index contributed by atoms with van der Waals surface area (Å²) in [6, 6.07) is 56.6. The number of amidine groups is 1. The second-order valence-electron chi connectivity index (χ2n) is 15.1. The van der Waals surface area contributed by atoms with Crippen molar-refractivity contribution in [3.05, 3.63) is 192 Å². The highest BCUT2D eigenvalue weighted by Crippen LogP contribution is 2.43. The second-order valence-corrected chi connectivity index (χ2v) is 16.2. The number of aryl methyl sites for hydroxylation is 1. The van der Waals surface area contributed by atoms with Crippen molar-refractivity contribution >= 4 is 76.3 Å². The minimum atomic E-state index is -0.214. The van der Waals surface area contributed by atoms with E-state index in [1.54, 1.807) is 0 Å². The molecule has 7 aromatic carbocycles. The van der Waals surface area contributed by atoms with E-state index in [-0.39, 0.29) is 12.3 Å². The number of thiophene rings is 1. The first-order valence-electron chi connectivity index (χ1n) is 19.7. The van der Waals surface area contributed by atoms with Crippen LogP contribution in [-0.4, -0.2) is 10.4 Å². The number of fused-ring (bicyclic) bond motifs is 9. The van der Waals surface area contributed by atoms with Crippen molar-refractivity contribution in [2.75, 3.05) is 0 Å². The highest BCUT2D eigenvalue weighted by atomic mass is 32.1. The van der Waals surface area contributed by atoms with E-state index in [0.717, 1.165) is 57.4 Å². The maximum Gasteiger partial charge on any atom is 0.135 e. The predicted octanol–water partition coefficient (Wildman–Crippen LogP) is 12.9. The van der Waals surface area contributed by atoms with Crippen LogP contribution in [0.3, 0.4) is 0 Å². The number of aromatic nitrogens is 1. The van der Waals surface area contributed by atoms with Crippen LogP contribution < -0.4 is 10.6 Å². The number of hydrogen-bond donors (Lipinski definition) is 2. The van der Waals surface area contributed by atoms with Crippen molar-refractivity contribution in [1.29, 1.82) is 0 Å². The molecule has 0 amide bonds. The SMILES string of the molecule is C1=Cc2c(c3ccccc3n2-c2ccc3oc4ccc(-c5cccc6sc7cc(C8N=C(c9ccccc9)NC(c9ccccc9)N8)ccc7c56)cc4c3c2)CC1. The van der Waals surface area contributed by atoms with E-state index in [2.05, 4.69) is 179 Å². The average Bonchev–Trinajstić information content (AvgIpc) is 3.95. The molecule has 0 spiro atoms. The van der Waals surface area contributed by atoms with Crippen molar-refractivity contribution < 1.29 is 4.42 Å². The van der Waals surface area contributed by atoms with Gasteiger partial charge in [-0.05, 0) is 95.3 Å². The third-order valence-corrected chi connectivity index (χ3v) is 12.9. The number of nitrogens with zero attached hydrogens (tertiary/aromatic N) is 2. The molecule has 1 aliphatic carbocycles. The van der Waals surface area contributed by atoms with Gasteiger partial charge in [0.2, 0.25) is 0 Å². The summed E-state index contributed by atoms with van der Waals surface area (Å²) in [6.07, 6.45) is 6.44. The van der Waals surface area contributed by atoms with Crippen molar-refractivity contribution in [1.82, 2.24) is 15.2 Å². The number of furan rings is 1. The van der Waals surface area contributed by atoms with E-state index in [4.69, 9.17) is 9.41 Å². The van der Waals surface area contributed by atoms with Gasteiger partial charge in [0.05, 0.1) is 5.52 Å². The zero-order chi connectivity index (χ0) is 37.5. The van der Waals surface area contributed by atoms with Crippen LogP contribution >= 0.6 is 11.3 Å². The third kappa shape index (κ3) is 5.29. The van der Waals surface area contributed by atoms with Gasteiger partial charge in [-0.15, -0.1) is 11.3 Å².